The smallest absolute Gasteiger partial charge is 0.244 e. The lowest BCUT2D eigenvalue weighted by molar-refractivity contribution is -0.140. The van der Waals surface area contributed by atoms with Crippen LogP contribution in [-0.2, 0) is 26.2 Å². The number of hydrogen-bond acceptors (Lipinski definition) is 4. The Kier molecular flexibility index (Phi) is 8.30. The van der Waals surface area contributed by atoms with E-state index in [0.717, 1.165) is 27.3 Å². The molecule has 2 aromatic rings. The van der Waals surface area contributed by atoms with Crippen molar-refractivity contribution in [2.45, 2.75) is 59.7 Å². The fourth-order valence-corrected chi connectivity index (χ4v) is 4.20. The topological polar surface area (TPSA) is 86.8 Å². The van der Waals surface area contributed by atoms with E-state index in [9.17, 15) is 18.0 Å². The summed E-state index contributed by atoms with van der Waals surface area (Å²) >= 11 is 0. The van der Waals surface area contributed by atoms with E-state index in [1.54, 1.807) is 31.2 Å². The van der Waals surface area contributed by atoms with Crippen LogP contribution in [0.2, 0.25) is 0 Å². The highest BCUT2D eigenvalue weighted by atomic mass is 32.2. The van der Waals surface area contributed by atoms with Gasteiger partial charge in [0.25, 0.3) is 0 Å². The Bertz CT molecular complexity index is 1090. The van der Waals surface area contributed by atoms with Gasteiger partial charge in [-0.2, -0.15) is 0 Å². The van der Waals surface area contributed by atoms with Gasteiger partial charge in [0.15, 0.2) is 0 Å². The number of rotatable bonds is 8. The molecule has 0 saturated carbocycles. The van der Waals surface area contributed by atoms with E-state index < -0.39 is 34.1 Å². The number of carbonyl (C=O) groups excluding carboxylic acids is 2. The van der Waals surface area contributed by atoms with Crippen LogP contribution in [0.25, 0.3) is 0 Å². The molecule has 0 unspecified atom stereocenters. The Balaban J connectivity index is 2.41. The van der Waals surface area contributed by atoms with Crippen LogP contribution in [0.1, 0.15) is 44.4 Å². The van der Waals surface area contributed by atoms with Gasteiger partial charge in [0.2, 0.25) is 21.8 Å². The molecule has 2 rings (SSSR count). The van der Waals surface area contributed by atoms with Gasteiger partial charge in [0, 0.05) is 12.1 Å². The third-order valence-corrected chi connectivity index (χ3v) is 6.41. The van der Waals surface area contributed by atoms with E-state index >= 15 is 0 Å². The van der Waals surface area contributed by atoms with Crippen molar-refractivity contribution in [2.24, 2.45) is 0 Å². The van der Waals surface area contributed by atoms with E-state index in [4.69, 9.17) is 0 Å². The molecule has 1 atom stereocenters. The lowest BCUT2D eigenvalue weighted by atomic mass is 10.1. The average Bonchev–Trinajstić information content (AvgIpc) is 2.69. The summed E-state index contributed by atoms with van der Waals surface area (Å²) in [6, 6.07) is 13.8. The van der Waals surface area contributed by atoms with Crippen molar-refractivity contribution in [1.82, 2.24) is 10.2 Å². The van der Waals surface area contributed by atoms with Gasteiger partial charge in [0.05, 0.1) is 11.9 Å². The SMILES string of the molecule is Cc1ccc(N(CC(=O)N(Cc2ccccc2C)[C@@H](C)C(=O)NC(C)(C)C)S(C)(=O)=O)cc1. The van der Waals surface area contributed by atoms with Gasteiger partial charge in [-0.3, -0.25) is 13.9 Å². The van der Waals surface area contributed by atoms with E-state index in [2.05, 4.69) is 5.32 Å². The van der Waals surface area contributed by atoms with Crippen LogP contribution in [0, 0.1) is 13.8 Å². The van der Waals surface area contributed by atoms with E-state index in [1.165, 1.54) is 4.90 Å². The second kappa shape index (κ2) is 10.4. The van der Waals surface area contributed by atoms with E-state index in [1.807, 2.05) is 58.9 Å². The van der Waals surface area contributed by atoms with Crippen LogP contribution >= 0.6 is 0 Å². The van der Waals surface area contributed by atoms with Crippen LogP contribution in [0.4, 0.5) is 5.69 Å². The molecule has 0 aromatic heterocycles. The first-order valence-corrected chi connectivity index (χ1v) is 12.7. The zero-order chi connectivity index (χ0) is 25.0. The lowest BCUT2D eigenvalue weighted by Crippen LogP contribution is -2.54. The second-order valence-corrected chi connectivity index (χ2v) is 11.4. The number of benzene rings is 2. The largest absolute Gasteiger partial charge is 0.350 e. The Morgan fingerprint density at radius 3 is 2.09 bits per heavy atom. The van der Waals surface area contributed by atoms with Crippen LogP contribution in [0.5, 0.6) is 0 Å². The maximum Gasteiger partial charge on any atom is 0.244 e. The molecule has 1 N–H and O–H groups in total. The zero-order valence-corrected chi connectivity index (χ0v) is 21.4. The van der Waals surface area contributed by atoms with Gasteiger partial charge < -0.3 is 10.2 Å². The molecular formula is C25H35N3O4S. The highest BCUT2D eigenvalue weighted by Gasteiger charge is 2.31. The minimum Gasteiger partial charge on any atom is -0.350 e. The molecule has 0 aliphatic heterocycles. The normalized spacial score (nSPS) is 12.7. The fraction of sp³-hybridized carbons (Fsp3) is 0.440. The van der Waals surface area contributed by atoms with Crippen molar-refractivity contribution in [2.75, 3.05) is 17.1 Å². The summed E-state index contributed by atoms with van der Waals surface area (Å²) in [6.45, 7) is 10.9. The summed E-state index contributed by atoms with van der Waals surface area (Å²) < 4.78 is 26.2. The summed E-state index contributed by atoms with van der Waals surface area (Å²) in [5.41, 5.74) is 2.79. The van der Waals surface area contributed by atoms with Gasteiger partial charge in [-0.1, -0.05) is 42.0 Å². The third kappa shape index (κ3) is 7.60. The van der Waals surface area contributed by atoms with Crippen LogP contribution < -0.4 is 9.62 Å². The monoisotopic (exact) mass is 473 g/mol. The van der Waals surface area contributed by atoms with E-state index in [-0.39, 0.29) is 12.5 Å². The molecule has 0 spiro atoms. The fourth-order valence-electron chi connectivity index (χ4n) is 3.35. The van der Waals surface area contributed by atoms with Gasteiger partial charge in [0.1, 0.15) is 12.6 Å². The minimum absolute atomic E-state index is 0.190. The lowest BCUT2D eigenvalue weighted by Gasteiger charge is -2.33. The molecule has 2 aromatic carbocycles. The van der Waals surface area contributed by atoms with Crippen molar-refractivity contribution in [3.63, 3.8) is 0 Å². The van der Waals surface area contributed by atoms with Crippen LogP contribution in [-0.4, -0.2) is 49.5 Å². The molecule has 180 valence electrons. The van der Waals surface area contributed by atoms with Gasteiger partial charge >= 0.3 is 0 Å². The molecule has 0 aliphatic rings. The maximum atomic E-state index is 13.5. The molecule has 0 aliphatic carbocycles. The molecule has 2 amide bonds. The number of aryl methyl sites for hydroxylation is 2. The van der Waals surface area contributed by atoms with Crippen LogP contribution in [0.3, 0.4) is 0 Å². The second-order valence-electron chi connectivity index (χ2n) is 9.47. The summed E-state index contributed by atoms with van der Waals surface area (Å²) in [7, 11) is -3.73. The molecule has 0 fully saturated rings. The number of hydrogen-bond donors (Lipinski definition) is 1. The molecule has 0 heterocycles. The number of nitrogens with zero attached hydrogens (tertiary/aromatic N) is 2. The number of nitrogens with one attached hydrogen (secondary N) is 1. The first-order chi connectivity index (χ1) is 15.2. The molecule has 0 saturated heterocycles. The van der Waals surface area contributed by atoms with Crippen molar-refractivity contribution < 1.29 is 18.0 Å². The predicted molar refractivity (Wildman–Crippen MR) is 132 cm³/mol. The van der Waals surface area contributed by atoms with E-state index in [0.29, 0.717) is 5.69 Å². The number of carbonyl (C=O) groups is 2. The van der Waals surface area contributed by atoms with Gasteiger partial charge in [-0.15, -0.1) is 0 Å². The number of anilines is 1. The summed E-state index contributed by atoms with van der Waals surface area (Å²) in [5, 5.41) is 2.91. The van der Waals surface area contributed by atoms with Crippen molar-refractivity contribution in [1.29, 1.82) is 0 Å². The molecule has 33 heavy (non-hydrogen) atoms. The summed E-state index contributed by atoms with van der Waals surface area (Å²) in [5.74, 6) is -0.758. The minimum atomic E-state index is -3.73. The third-order valence-electron chi connectivity index (χ3n) is 5.27. The van der Waals surface area contributed by atoms with Crippen molar-refractivity contribution in [3.05, 3.63) is 65.2 Å². The number of sulfonamides is 1. The predicted octanol–water partition coefficient (Wildman–Crippen LogP) is 3.40. The Morgan fingerprint density at radius 1 is 1.00 bits per heavy atom. The quantitative estimate of drug-likeness (QED) is 0.637. The standard InChI is InChI=1S/C25H35N3O4S/c1-18-12-14-22(15-13-18)28(33(7,31)32)17-23(29)27(16-21-11-9-8-10-19(21)2)20(3)24(30)26-25(4,5)6/h8-15,20H,16-17H2,1-7H3,(H,26,30)/t20-/m0/s1. The highest BCUT2D eigenvalue weighted by Crippen LogP contribution is 2.20. The molecule has 8 heteroatoms. The molecule has 7 nitrogen and oxygen atoms in total. The van der Waals surface area contributed by atoms with Crippen molar-refractivity contribution in [3.8, 4) is 0 Å². The Labute approximate surface area is 197 Å². The first-order valence-electron chi connectivity index (χ1n) is 10.9. The first kappa shape index (κ1) is 26.4. The summed E-state index contributed by atoms with van der Waals surface area (Å²) in [4.78, 5) is 27.9. The van der Waals surface area contributed by atoms with Crippen molar-refractivity contribution >= 4 is 27.5 Å². The van der Waals surface area contributed by atoms with Crippen LogP contribution in [0.15, 0.2) is 48.5 Å². The highest BCUT2D eigenvalue weighted by molar-refractivity contribution is 7.92. The molecule has 0 radical (unpaired) electrons. The van der Waals surface area contributed by atoms with Gasteiger partial charge in [-0.05, 0) is 64.8 Å². The number of amides is 2. The maximum absolute atomic E-state index is 13.5. The average molecular weight is 474 g/mol. The molecular weight excluding hydrogens is 438 g/mol. The molecule has 0 bridgehead atoms. The summed E-state index contributed by atoms with van der Waals surface area (Å²) in [6.07, 6.45) is 1.07. The Morgan fingerprint density at radius 2 is 1.58 bits per heavy atom. The van der Waals surface area contributed by atoms with Gasteiger partial charge in [-0.25, -0.2) is 8.42 Å². The zero-order valence-electron chi connectivity index (χ0n) is 20.5. The Hall–Kier alpha value is -2.87.